The fourth-order valence-corrected chi connectivity index (χ4v) is 4.04. The standard InChI is InChI=1S/C10H18N4O2S2/c1-2-11-10-13-12-9(17-10)8-14-4-3-6-18(15,16)7-5-14/h2-8H2,1H3,(H,11,13). The molecule has 1 aliphatic heterocycles. The van der Waals surface area contributed by atoms with E-state index in [0.717, 1.165) is 23.2 Å². The number of nitrogens with zero attached hydrogens (tertiary/aromatic N) is 3. The summed E-state index contributed by atoms with van der Waals surface area (Å²) in [7, 11) is -2.83. The molecule has 1 fully saturated rings. The monoisotopic (exact) mass is 290 g/mol. The van der Waals surface area contributed by atoms with E-state index in [4.69, 9.17) is 0 Å². The lowest BCUT2D eigenvalue weighted by Gasteiger charge is -2.16. The van der Waals surface area contributed by atoms with Gasteiger partial charge in [-0.1, -0.05) is 11.3 Å². The van der Waals surface area contributed by atoms with Gasteiger partial charge in [0, 0.05) is 13.1 Å². The molecule has 18 heavy (non-hydrogen) atoms. The Kier molecular flexibility index (Phi) is 4.52. The van der Waals surface area contributed by atoms with Crippen LogP contribution in [-0.2, 0) is 16.4 Å². The molecule has 0 radical (unpaired) electrons. The molecule has 0 unspecified atom stereocenters. The molecule has 1 N–H and O–H groups in total. The van der Waals surface area contributed by atoms with Crippen LogP contribution in [0, 0.1) is 0 Å². The van der Waals surface area contributed by atoms with Gasteiger partial charge in [0.2, 0.25) is 5.13 Å². The zero-order valence-corrected chi connectivity index (χ0v) is 12.1. The number of anilines is 1. The molecule has 0 spiro atoms. The molecule has 6 nitrogen and oxygen atoms in total. The number of hydrogen-bond donors (Lipinski definition) is 1. The molecule has 1 saturated heterocycles. The Morgan fingerprint density at radius 3 is 2.94 bits per heavy atom. The van der Waals surface area contributed by atoms with E-state index in [1.165, 1.54) is 11.3 Å². The van der Waals surface area contributed by atoms with Crippen molar-refractivity contribution >= 4 is 26.3 Å². The quantitative estimate of drug-likeness (QED) is 0.875. The van der Waals surface area contributed by atoms with Crippen LogP contribution in [0.25, 0.3) is 0 Å². The predicted octanol–water partition coefficient (Wildman–Crippen LogP) is 0.590. The van der Waals surface area contributed by atoms with Gasteiger partial charge in [0.1, 0.15) is 5.01 Å². The first-order valence-electron chi connectivity index (χ1n) is 6.08. The van der Waals surface area contributed by atoms with Gasteiger partial charge < -0.3 is 5.32 Å². The van der Waals surface area contributed by atoms with Crippen LogP contribution in [0.3, 0.4) is 0 Å². The van der Waals surface area contributed by atoms with Crippen LogP contribution in [0.15, 0.2) is 0 Å². The zero-order chi connectivity index (χ0) is 13.0. The lowest BCUT2D eigenvalue weighted by Crippen LogP contribution is -2.26. The number of rotatable bonds is 4. The van der Waals surface area contributed by atoms with Gasteiger partial charge in [0.15, 0.2) is 9.84 Å². The minimum Gasteiger partial charge on any atom is -0.360 e. The Morgan fingerprint density at radius 1 is 1.33 bits per heavy atom. The molecule has 0 bridgehead atoms. The molecular weight excluding hydrogens is 272 g/mol. The first kappa shape index (κ1) is 13.7. The van der Waals surface area contributed by atoms with Gasteiger partial charge >= 0.3 is 0 Å². The van der Waals surface area contributed by atoms with Gasteiger partial charge in [-0.15, -0.1) is 10.2 Å². The third-order valence-electron chi connectivity index (χ3n) is 2.80. The molecule has 0 aromatic carbocycles. The molecule has 0 amide bonds. The molecule has 8 heteroatoms. The largest absolute Gasteiger partial charge is 0.360 e. The van der Waals surface area contributed by atoms with E-state index in [1.54, 1.807) is 0 Å². The zero-order valence-electron chi connectivity index (χ0n) is 10.4. The lowest BCUT2D eigenvalue weighted by molar-refractivity contribution is 0.286. The minimum absolute atomic E-state index is 0.256. The van der Waals surface area contributed by atoms with Gasteiger partial charge in [-0.2, -0.15) is 0 Å². The maximum atomic E-state index is 11.5. The third kappa shape index (κ3) is 3.89. The van der Waals surface area contributed by atoms with Crippen LogP contribution in [0.5, 0.6) is 0 Å². The minimum atomic E-state index is -2.83. The van der Waals surface area contributed by atoms with Crippen molar-refractivity contribution in [3.8, 4) is 0 Å². The second-order valence-corrected chi connectivity index (χ2v) is 7.68. The molecule has 1 aromatic heterocycles. The van der Waals surface area contributed by atoms with Gasteiger partial charge in [0.25, 0.3) is 0 Å². The summed E-state index contributed by atoms with van der Waals surface area (Å²) in [6.45, 7) is 4.95. The second-order valence-electron chi connectivity index (χ2n) is 4.31. The van der Waals surface area contributed by atoms with E-state index >= 15 is 0 Å². The highest BCUT2D eigenvalue weighted by Crippen LogP contribution is 2.17. The second kappa shape index (κ2) is 5.94. The van der Waals surface area contributed by atoms with Crippen molar-refractivity contribution in [3.63, 3.8) is 0 Å². The number of hydrogen-bond acceptors (Lipinski definition) is 7. The SMILES string of the molecule is CCNc1nnc(CN2CCCS(=O)(=O)CC2)s1. The van der Waals surface area contributed by atoms with Crippen molar-refractivity contribution in [2.75, 3.05) is 36.5 Å². The van der Waals surface area contributed by atoms with E-state index in [-0.39, 0.29) is 5.75 Å². The molecule has 102 valence electrons. The number of nitrogens with one attached hydrogen (secondary N) is 1. The Balaban J connectivity index is 1.92. The summed E-state index contributed by atoms with van der Waals surface area (Å²) in [4.78, 5) is 2.14. The van der Waals surface area contributed by atoms with E-state index in [0.29, 0.717) is 25.3 Å². The summed E-state index contributed by atoms with van der Waals surface area (Å²) in [5.41, 5.74) is 0. The molecule has 0 aliphatic carbocycles. The van der Waals surface area contributed by atoms with Crippen molar-refractivity contribution in [2.24, 2.45) is 0 Å². The maximum Gasteiger partial charge on any atom is 0.205 e. The molecule has 1 aliphatic rings. The van der Waals surface area contributed by atoms with Crippen LogP contribution in [0.4, 0.5) is 5.13 Å². The summed E-state index contributed by atoms with van der Waals surface area (Å²) in [6, 6.07) is 0. The van der Waals surface area contributed by atoms with E-state index < -0.39 is 9.84 Å². The average Bonchev–Trinajstić information content (AvgIpc) is 2.66. The molecule has 2 heterocycles. The van der Waals surface area contributed by atoms with Crippen LogP contribution in [-0.4, -0.2) is 54.7 Å². The molecule has 2 rings (SSSR count). The molecule has 0 atom stereocenters. The first-order chi connectivity index (χ1) is 8.59. The average molecular weight is 290 g/mol. The van der Waals surface area contributed by atoms with Crippen molar-refractivity contribution in [3.05, 3.63) is 5.01 Å². The Labute approximate surface area is 111 Å². The third-order valence-corrected chi connectivity index (χ3v) is 5.38. The normalized spacial score (nSPS) is 20.5. The molecular formula is C10H18N4O2S2. The fourth-order valence-electron chi connectivity index (χ4n) is 1.88. The summed E-state index contributed by atoms with van der Waals surface area (Å²) >= 11 is 1.53. The van der Waals surface area contributed by atoms with Crippen LogP contribution >= 0.6 is 11.3 Å². The van der Waals surface area contributed by atoms with Crippen molar-refractivity contribution in [2.45, 2.75) is 19.9 Å². The highest BCUT2D eigenvalue weighted by molar-refractivity contribution is 7.91. The van der Waals surface area contributed by atoms with Gasteiger partial charge in [-0.3, -0.25) is 4.90 Å². The van der Waals surface area contributed by atoms with E-state index in [2.05, 4.69) is 20.4 Å². The predicted molar refractivity (Wildman–Crippen MR) is 72.6 cm³/mol. The van der Waals surface area contributed by atoms with Gasteiger partial charge in [-0.25, -0.2) is 8.42 Å². The lowest BCUT2D eigenvalue weighted by atomic mass is 10.4. The number of aromatic nitrogens is 2. The smallest absolute Gasteiger partial charge is 0.205 e. The van der Waals surface area contributed by atoms with Crippen molar-refractivity contribution < 1.29 is 8.42 Å². The first-order valence-corrected chi connectivity index (χ1v) is 8.72. The number of sulfone groups is 1. The van der Waals surface area contributed by atoms with Gasteiger partial charge in [0.05, 0.1) is 18.1 Å². The fraction of sp³-hybridized carbons (Fsp3) is 0.800. The highest BCUT2D eigenvalue weighted by Gasteiger charge is 2.20. The van der Waals surface area contributed by atoms with Crippen molar-refractivity contribution in [1.29, 1.82) is 0 Å². The Hall–Kier alpha value is -0.730. The summed E-state index contributed by atoms with van der Waals surface area (Å²) in [5, 5.41) is 13.0. The Morgan fingerprint density at radius 2 is 2.17 bits per heavy atom. The highest BCUT2D eigenvalue weighted by atomic mass is 32.2. The van der Waals surface area contributed by atoms with Crippen LogP contribution in [0.1, 0.15) is 18.4 Å². The Bertz CT molecular complexity index is 486. The van der Waals surface area contributed by atoms with E-state index in [1.807, 2.05) is 6.92 Å². The van der Waals surface area contributed by atoms with E-state index in [9.17, 15) is 8.42 Å². The topological polar surface area (TPSA) is 75.2 Å². The van der Waals surface area contributed by atoms with Crippen molar-refractivity contribution in [1.82, 2.24) is 15.1 Å². The van der Waals surface area contributed by atoms with Crippen LogP contribution in [0.2, 0.25) is 0 Å². The molecule has 0 saturated carbocycles. The summed E-state index contributed by atoms with van der Waals surface area (Å²) in [5.74, 6) is 0.564. The summed E-state index contributed by atoms with van der Waals surface area (Å²) < 4.78 is 23.0. The maximum absolute atomic E-state index is 11.5. The summed E-state index contributed by atoms with van der Waals surface area (Å²) in [6.07, 6.45) is 0.710. The molecule has 1 aromatic rings. The van der Waals surface area contributed by atoms with Gasteiger partial charge in [-0.05, 0) is 19.9 Å². The van der Waals surface area contributed by atoms with Crippen LogP contribution < -0.4 is 5.32 Å².